The number of H-pyrrole nitrogens is 1. The van der Waals surface area contributed by atoms with Gasteiger partial charge in [-0.1, -0.05) is 0 Å². The maximum absolute atomic E-state index is 4.14. The predicted molar refractivity (Wildman–Crippen MR) is 61.8 cm³/mol. The maximum atomic E-state index is 4.14. The van der Waals surface area contributed by atoms with Crippen LogP contribution in [0.2, 0.25) is 0 Å². The van der Waals surface area contributed by atoms with E-state index in [-0.39, 0.29) is 0 Å². The number of aryl methyl sites for hydroxylation is 2. The summed E-state index contributed by atoms with van der Waals surface area (Å²) in [4.78, 5) is 7.03. The van der Waals surface area contributed by atoms with Gasteiger partial charge in [0.1, 0.15) is 0 Å². The van der Waals surface area contributed by atoms with Crippen LogP contribution >= 0.6 is 0 Å². The molecule has 0 atom stereocenters. The Morgan fingerprint density at radius 3 is 3.06 bits per heavy atom. The van der Waals surface area contributed by atoms with Crippen LogP contribution < -0.4 is 5.32 Å². The average Bonchev–Trinajstić information content (AvgIpc) is 2.89. The van der Waals surface area contributed by atoms with Gasteiger partial charge in [-0.25, -0.2) is 4.98 Å². The molecule has 2 heterocycles. The van der Waals surface area contributed by atoms with Gasteiger partial charge in [-0.2, -0.15) is 5.10 Å². The molecule has 0 aliphatic rings. The molecular weight excluding hydrogens is 202 g/mol. The van der Waals surface area contributed by atoms with Crippen molar-refractivity contribution in [3.8, 4) is 0 Å². The summed E-state index contributed by atoms with van der Waals surface area (Å²) < 4.78 is 1.84. The lowest BCUT2D eigenvalue weighted by Crippen LogP contribution is -2.15. The first-order valence-electron chi connectivity index (χ1n) is 5.50. The van der Waals surface area contributed by atoms with Crippen LogP contribution in [0.4, 0.5) is 0 Å². The fourth-order valence-electron chi connectivity index (χ4n) is 1.62. The van der Waals surface area contributed by atoms with Gasteiger partial charge in [-0.3, -0.25) is 4.68 Å². The minimum absolute atomic E-state index is 0.854. The number of rotatable bonds is 6. The van der Waals surface area contributed by atoms with Gasteiger partial charge in [0, 0.05) is 31.7 Å². The highest BCUT2D eigenvalue weighted by molar-refractivity contribution is 5.03. The van der Waals surface area contributed by atoms with E-state index in [0.29, 0.717) is 0 Å². The molecule has 5 nitrogen and oxygen atoms in total. The zero-order valence-corrected chi connectivity index (χ0v) is 9.48. The summed E-state index contributed by atoms with van der Waals surface area (Å²) in [5.41, 5.74) is 2.42. The van der Waals surface area contributed by atoms with Crippen molar-refractivity contribution in [2.75, 3.05) is 6.54 Å². The van der Waals surface area contributed by atoms with Crippen LogP contribution in [0.15, 0.2) is 24.9 Å². The second-order valence-electron chi connectivity index (χ2n) is 3.88. The Balaban J connectivity index is 1.59. The summed E-state index contributed by atoms with van der Waals surface area (Å²) in [5.74, 6) is 0. The molecule has 2 aromatic heterocycles. The normalized spacial score (nSPS) is 10.8. The Hall–Kier alpha value is -1.62. The lowest BCUT2D eigenvalue weighted by atomic mass is 10.2. The summed E-state index contributed by atoms with van der Waals surface area (Å²) in [6, 6.07) is 0. The molecule has 0 fully saturated rings. The molecule has 0 aliphatic carbocycles. The van der Waals surface area contributed by atoms with E-state index in [2.05, 4.69) is 26.6 Å². The molecule has 2 rings (SSSR count). The third-order valence-corrected chi connectivity index (χ3v) is 2.45. The predicted octanol–water partition coefficient (Wildman–Crippen LogP) is 0.866. The number of nitrogens with one attached hydrogen (secondary N) is 2. The van der Waals surface area contributed by atoms with Crippen molar-refractivity contribution in [1.82, 2.24) is 25.1 Å². The van der Waals surface area contributed by atoms with Crippen LogP contribution in [0.1, 0.15) is 17.7 Å². The number of hydrogen-bond acceptors (Lipinski definition) is 3. The maximum Gasteiger partial charge on any atom is 0.0922 e. The molecule has 5 heteroatoms. The second kappa shape index (κ2) is 5.46. The first-order valence-corrected chi connectivity index (χ1v) is 5.50. The molecule has 0 bridgehead atoms. The van der Waals surface area contributed by atoms with E-state index in [4.69, 9.17) is 0 Å². The highest BCUT2D eigenvalue weighted by Gasteiger charge is 1.96. The van der Waals surface area contributed by atoms with Crippen LogP contribution in [0.25, 0.3) is 0 Å². The Morgan fingerprint density at radius 2 is 2.38 bits per heavy atom. The Morgan fingerprint density at radius 1 is 1.44 bits per heavy atom. The van der Waals surface area contributed by atoms with Crippen molar-refractivity contribution in [3.05, 3.63) is 36.2 Å². The van der Waals surface area contributed by atoms with E-state index in [1.165, 1.54) is 5.56 Å². The molecule has 86 valence electrons. The average molecular weight is 219 g/mol. The molecular formula is C11H17N5. The lowest BCUT2D eigenvalue weighted by Gasteiger charge is -2.01. The summed E-state index contributed by atoms with van der Waals surface area (Å²) in [7, 11) is 1.94. The second-order valence-corrected chi connectivity index (χ2v) is 3.88. The van der Waals surface area contributed by atoms with Crippen LogP contribution in [-0.4, -0.2) is 26.3 Å². The Labute approximate surface area is 94.9 Å². The van der Waals surface area contributed by atoms with E-state index >= 15 is 0 Å². The quantitative estimate of drug-likeness (QED) is 0.709. The standard InChI is InChI=1S/C11H17N5/c1-16-8-10(5-15-16)3-2-4-12-6-11-7-13-9-14-11/h5,7-9,12H,2-4,6H2,1H3,(H,13,14). The number of aromatic nitrogens is 4. The van der Waals surface area contributed by atoms with Gasteiger partial charge < -0.3 is 10.3 Å². The molecule has 16 heavy (non-hydrogen) atoms. The van der Waals surface area contributed by atoms with Crippen molar-refractivity contribution >= 4 is 0 Å². The summed E-state index contributed by atoms with van der Waals surface area (Å²) >= 11 is 0. The van der Waals surface area contributed by atoms with Gasteiger partial charge in [-0.05, 0) is 24.9 Å². The summed E-state index contributed by atoms with van der Waals surface area (Å²) in [6.07, 6.45) is 9.73. The van der Waals surface area contributed by atoms with Crippen molar-refractivity contribution in [2.45, 2.75) is 19.4 Å². The van der Waals surface area contributed by atoms with Crippen LogP contribution in [0, 0.1) is 0 Å². The fourth-order valence-corrected chi connectivity index (χ4v) is 1.62. The number of imidazole rings is 1. The van der Waals surface area contributed by atoms with E-state index in [9.17, 15) is 0 Å². The smallest absolute Gasteiger partial charge is 0.0922 e. The van der Waals surface area contributed by atoms with Gasteiger partial charge in [-0.15, -0.1) is 0 Å². The third kappa shape index (κ3) is 3.20. The van der Waals surface area contributed by atoms with Gasteiger partial charge in [0.2, 0.25) is 0 Å². The van der Waals surface area contributed by atoms with E-state index < -0.39 is 0 Å². The van der Waals surface area contributed by atoms with Crippen LogP contribution in [0.5, 0.6) is 0 Å². The van der Waals surface area contributed by atoms with E-state index in [0.717, 1.165) is 31.6 Å². The SMILES string of the molecule is Cn1cc(CCCNCc2cnc[nH]2)cn1. The van der Waals surface area contributed by atoms with Gasteiger partial charge in [0.15, 0.2) is 0 Å². The molecule has 0 unspecified atom stereocenters. The van der Waals surface area contributed by atoms with Crippen molar-refractivity contribution < 1.29 is 0 Å². The largest absolute Gasteiger partial charge is 0.347 e. The van der Waals surface area contributed by atoms with Crippen LogP contribution in [0.3, 0.4) is 0 Å². The molecule has 0 spiro atoms. The molecule has 0 saturated heterocycles. The highest BCUT2D eigenvalue weighted by Crippen LogP contribution is 2.00. The number of hydrogen-bond donors (Lipinski definition) is 2. The lowest BCUT2D eigenvalue weighted by molar-refractivity contribution is 0.642. The Bertz CT molecular complexity index is 404. The van der Waals surface area contributed by atoms with E-state index in [1.54, 1.807) is 6.33 Å². The molecule has 0 aromatic carbocycles. The molecule has 2 N–H and O–H groups in total. The third-order valence-electron chi connectivity index (χ3n) is 2.45. The first kappa shape index (κ1) is 10.9. The fraction of sp³-hybridized carbons (Fsp3) is 0.455. The van der Waals surface area contributed by atoms with Crippen LogP contribution in [-0.2, 0) is 20.0 Å². The zero-order valence-electron chi connectivity index (χ0n) is 9.48. The minimum atomic E-state index is 0.854. The number of aromatic amines is 1. The number of nitrogens with zero attached hydrogens (tertiary/aromatic N) is 3. The first-order chi connectivity index (χ1) is 7.84. The van der Waals surface area contributed by atoms with Gasteiger partial charge >= 0.3 is 0 Å². The van der Waals surface area contributed by atoms with Crippen molar-refractivity contribution in [2.24, 2.45) is 7.05 Å². The van der Waals surface area contributed by atoms with Gasteiger partial charge in [0.25, 0.3) is 0 Å². The molecule has 0 saturated carbocycles. The molecule has 0 radical (unpaired) electrons. The van der Waals surface area contributed by atoms with E-state index in [1.807, 2.05) is 24.1 Å². The van der Waals surface area contributed by atoms with Gasteiger partial charge in [0.05, 0.1) is 12.5 Å². The molecule has 0 aliphatic heterocycles. The zero-order chi connectivity index (χ0) is 11.2. The monoisotopic (exact) mass is 219 g/mol. The van der Waals surface area contributed by atoms with Crippen molar-refractivity contribution in [1.29, 1.82) is 0 Å². The molecule has 0 amide bonds. The van der Waals surface area contributed by atoms with Crippen molar-refractivity contribution in [3.63, 3.8) is 0 Å². The highest BCUT2D eigenvalue weighted by atomic mass is 15.2. The summed E-state index contributed by atoms with van der Waals surface area (Å²) in [5, 5.41) is 7.51. The Kier molecular flexibility index (Phi) is 3.71. The molecule has 2 aromatic rings. The topological polar surface area (TPSA) is 58.5 Å². The summed E-state index contributed by atoms with van der Waals surface area (Å²) in [6.45, 7) is 1.86. The minimum Gasteiger partial charge on any atom is -0.347 e.